The lowest BCUT2D eigenvalue weighted by Crippen LogP contribution is -2.38. The Morgan fingerprint density at radius 3 is 2.35 bits per heavy atom. The molecule has 0 fully saturated rings. The van der Waals surface area contributed by atoms with Crippen molar-refractivity contribution in [3.63, 3.8) is 0 Å². The minimum atomic E-state index is -4.90. The van der Waals surface area contributed by atoms with Crippen molar-refractivity contribution in [2.24, 2.45) is 0 Å². The van der Waals surface area contributed by atoms with E-state index in [0.29, 0.717) is 35.4 Å². The summed E-state index contributed by atoms with van der Waals surface area (Å²) >= 11 is 0. The van der Waals surface area contributed by atoms with Gasteiger partial charge in [0, 0.05) is 12.5 Å². The fourth-order valence-electron chi connectivity index (χ4n) is 3.38. The van der Waals surface area contributed by atoms with Crippen LogP contribution in [-0.4, -0.2) is 15.0 Å². The summed E-state index contributed by atoms with van der Waals surface area (Å²) < 4.78 is 48.5. The molecule has 176 valence electrons. The lowest BCUT2D eigenvalue weighted by Gasteiger charge is -2.14. The van der Waals surface area contributed by atoms with Crippen molar-refractivity contribution in [2.45, 2.75) is 19.6 Å². The molecule has 0 bridgehead atoms. The van der Waals surface area contributed by atoms with E-state index in [2.05, 4.69) is 14.7 Å². The summed E-state index contributed by atoms with van der Waals surface area (Å²) in [5.74, 6) is -1.18. The van der Waals surface area contributed by atoms with Crippen LogP contribution < -0.4 is 15.2 Å². The van der Waals surface area contributed by atoms with Crippen molar-refractivity contribution in [3.05, 3.63) is 95.1 Å². The smallest absolute Gasteiger partial charge is 0.285 e. The monoisotopic (exact) mass is 488 g/mol. The molecular formula is C22H19F2N4O5P. The predicted molar refractivity (Wildman–Crippen MR) is 114 cm³/mol. The molecule has 12 heteroatoms. The first-order valence-electron chi connectivity index (χ1n) is 9.98. The van der Waals surface area contributed by atoms with Gasteiger partial charge in [0.05, 0.1) is 11.9 Å². The molecule has 3 heterocycles. The van der Waals surface area contributed by atoms with Gasteiger partial charge in [0.25, 0.3) is 13.6 Å². The number of anilines is 1. The maximum Gasteiger partial charge on any atom is 0.285 e. The van der Waals surface area contributed by atoms with Gasteiger partial charge in [-0.2, -0.15) is 13.8 Å². The van der Waals surface area contributed by atoms with Gasteiger partial charge in [-0.1, -0.05) is 29.4 Å². The molecule has 0 spiro atoms. The number of hydrogen-bond acceptors (Lipinski definition) is 7. The minimum absolute atomic E-state index is 0.159. The van der Waals surface area contributed by atoms with Crippen LogP contribution in [0, 0.1) is 11.9 Å². The lowest BCUT2D eigenvalue weighted by atomic mass is 10.0. The molecule has 34 heavy (non-hydrogen) atoms. The number of nitrogens with zero attached hydrogens (tertiary/aromatic N) is 3. The summed E-state index contributed by atoms with van der Waals surface area (Å²) in [6, 6.07) is 14.9. The number of hydrogen-bond donors (Lipinski definition) is 2. The van der Waals surface area contributed by atoms with Gasteiger partial charge in [-0.15, -0.1) is 0 Å². The highest BCUT2D eigenvalue weighted by Gasteiger charge is 2.18. The number of pyridine rings is 2. The third-order valence-corrected chi connectivity index (χ3v) is 5.38. The molecule has 4 rings (SSSR count). The minimum Gasteiger partial charge on any atom is -0.756 e. The second-order valence-corrected chi connectivity index (χ2v) is 8.67. The average Bonchev–Trinajstić information content (AvgIpc) is 3.21. The summed E-state index contributed by atoms with van der Waals surface area (Å²) in [6.07, 6.45) is 2.31. The number of nitrogens with two attached hydrogens (primary N) is 1. The van der Waals surface area contributed by atoms with Crippen LogP contribution in [0.15, 0.2) is 65.3 Å². The van der Waals surface area contributed by atoms with Crippen LogP contribution in [0.4, 0.5) is 14.6 Å². The number of phosphoric acid groups is 1. The van der Waals surface area contributed by atoms with Gasteiger partial charge in [-0.25, -0.2) is 4.57 Å². The van der Waals surface area contributed by atoms with Crippen molar-refractivity contribution in [1.82, 2.24) is 10.1 Å². The Morgan fingerprint density at radius 2 is 1.71 bits per heavy atom. The highest BCUT2D eigenvalue weighted by molar-refractivity contribution is 7.44. The second kappa shape index (κ2) is 9.78. The zero-order valence-corrected chi connectivity index (χ0v) is 18.5. The highest BCUT2D eigenvalue weighted by atomic mass is 31.2. The molecule has 3 aromatic heterocycles. The quantitative estimate of drug-likeness (QED) is 0.219. The molecule has 0 saturated carbocycles. The SMILES string of the molecule is Nc1c(-c2cc(Cc3ccc(Cc4cc(F)nc(F)c4)cc3)no2)ccc[n+]1COP(=O)([O-])O. The number of nitrogen functional groups attached to an aromatic ring is 1. The lowest BCUT2D eigenvalue weighted by molar-refractivity contribution is -0.712. The van der Waals surface area contributed by atoms with Gasteiger partial charge in [0.1, 0.15) is 5.56 Å². The Hall–Kier alpha value is -3.50. The maximum atomic E-state index is 13.3. The zero-order valence-electron chi connectivity index (χ0n) is 17.6. The molecule has 0 radical (unpaired) electrons. The second-order valence-electron chi connectivity index (χ2n) is 7.48. The molecule has 9 nitrogen and oxygen atoms in total. The summed E-state index contributed by atoms with van der Waals surface area (Å²) in [5.41, 5.74) is 9.48. The van der Waals surface area contributed by atoms with Crippen LogP contribution in [0.5, 0.6) is 0 Å². The summed E-state index contributed by atoms with van der Waals surface area (Å²) in [7, 11) is -4.90. The van der Waals surface area contributed by atoms with Crippen molar-refractivity contribution in [2.75, 3.05) is 5.73 Å². The highest BCUT2D eigenvalue weighted by Crippen LogP contribution is 2.30. The standard InChI is InChI=1S/C22H19F2N4O5P/c23-20-10-16(11-21(24)26-20)8-14-3-5-15(6-4-14)9-17-12-19(33-27-17)18-2-1-7-28(22(18)25)13-32-34(29,30)31/h1-7,10-12,25H,8-9,13H2,(H2,29,30,31). The first-order chi connectivity index (χ1) is 16.2. The molecular weight excluding hydrogens is 469 g/mol. The molecule has 0 saturated heterocycles. The molecule has 0 aliphatic carbocycles. The van der Waals surface area contributed by atoms with Gasteiger partial charge in [-0.05, 0) is 47.4 Å². The van der Waals surface area contributed by atoms with E-state index in [1.807, 2.05) is 24.3 Å². The summed E-state index contributed by atoms with van der Waals surface area (Å²) in [5, 5.41) is 4.06. The Balaban J connectivity index is 1.44. The number of rotatable bonds is 8. The molecule has 1 aromatic carbocycles. The van der Waals surface area contributed by atoms with Crippen molar-refractivity contribution >= 4 is 13.6 Å². The third-order valence-electron chi connectivity index (χ3n) is 4.94. The van der Waals surface area contributed by atoms with Gasteiger partial charge >= 0.3 is 0 Å². The first kappa shape index (κ1) is 23.7. The van der Waals surface area contributed by atoms with Crippen LogP contribution in [0.25, 0.3) is 11.3 Å². The number of aromatic nitrogens is 3. The van der Waals surface area contributed by atoms with Gasteiger partial charge in [0.2, 0.25) is 11.9 Å². The zero-order chi connectivity index (χ0) is 24.3. The van der Waals surface area contributed by atoms with Gasteiger partial charge < -0.3 is 14.3 Å². The average molecular weight is 488 g/mol. The Bertz CT molecular complexity index is 1340. The summed E-state index contributed by atoms with van der Waals surface area (Å²) in [4.78, 5) is 22.7. The number of halogens is 2. The molecule has 0 amide bonds. The Labute approximate surface area is 192 Å². The van der Waals surface area contributed by atoms with E-state index in [0.717, 1.165) is 11.1 Å². The summed E-state index contributed by atoms with van der Waals surface area (Å²) in [6.45, 7) is -0.497. The Morgan fingerprint density at radius 1 is 1.06 bits per heavy atom. The third kappa shape index (κ3) is 6.09. The molecule has 0 aliphatic rings. The van der Waals surface area contributed by atoms with E-state index >= 15 is 0 Å². The van der Waals surface area contributed by atoms with E-state index in [4.69, 9.17) is 15.2 Å². The van der Waals surface area contributed by atoms with E-state index in [9.17, 15) is 18.2 Å². The van der Waals surface area contributed by atoms with E-state index < -0.39 is 26.4 Å². The van der Waals surface area contributed by atoms with E-state index in [1.165, 1.54) is 22.9 Å². The molecule has 1 atom stereocenters. The molecule has 4 aromatic rings. The van der Waals surface area contributed by atoms with Crippen LogP contribution in [0.1, 0.15) is 22.4 Å². The van der Waals surface area contributed by atoms with Crippen molar-refractivity contribution in [3.8, 4) is 11.3 Å². The van der Waals surface area contributed by atoms with E-state index in [-0.39, 0.29) is 5.82 Å². The van der Waals surface area contributed by atoms with Crippen molar-refractivity contribution in [1.29, 1.82) is 0 Å². The van der Waals surface area contributed by atoms with Crippen LogP contribution in [0.2, 0.25) is 0 Å². The largest absolute Gasteiger partial charge is 0.756 e. The molecule has 3 N–H and O–H groups in total. The topological polar surface area (TPSA) is 138 Å². The predicted octanol–water partition coefficient (Wildman–Crippen LogP) is 2.50. The normalized spacial score (nSPS) is 13.1. The maximum absolute atomic E-state index is 13.3. The van der Waals surface area contributed by atoms with E-state index in [1.54, 1.807) is 18.2 Å². The number of benzene rings is 1. The van der Waals surface area contributed by atoms with Crippen LogP contribution in [-0.2, 0) is 28.7 Å². The fraction of sp³-hybridized carbons (Fsp3) is 0.136. The molecule has 0 aliphatic heterocycles. The first-order valence-corrected chi connectivity index (χ1v) is 11.5. The van der Waals surface area contributed by atoms with Crippen LogP contribution in [0.3, 0.4) is 0 Å². The number of phosphoric ester groups is 1. The van der Waals surface area contributed by atoms with Crippen molar-refractivity contribution < 1.29 is 36.7 Å². The fourth-order valence-corrected chi connectivity index (χ4v) is 3.65. The van der Waals surface area contributed by atoms with Crippen LogP contribution >= 0.6 is 7.82 Å². The Kier molecular flexibility index (Phi) is 6.80. The van der Waals surface area contributed by atoms with Gasteiger partial charge in [0.15, 0.2) is 12.5 Å². The van der Waals surface area contributed by atoms with Gasteiger partial charge in [-0.3, -0.25) is 14.8 Å². The molecule has 1 unspecified atom stereocenters.